The van der Waals surface area contributed by atoms with Gasteiger partial charge in [0.15, 0.2) is 0 Å². The average molecular weight is 313 g/mol. The number of hydrogen-bond donors (Lipinski definition) is 4. The minimum atomic E-state index is -1.34. The number of nitrogen functional groups attached to an aromatic ring is 1. The summed E-state index contributed by atoms with van der Waals surface area (Å²) >= 11 is 0. The number of benzene rings is 1. The number of nitrogens with two attached hydrogens (primary N) is 1. The zero-order valence-electron chi connectivity index (χ0n) is 12.0. The van der Waals surface area contributed by atoms with Crippen LogP contribution in [0, 0.1) is 0 Å². The molecule has 1 fully saturated rings. The predicted octanol–water partition coefficient (Wildman–Crippen LogP) is -0.416. The van der Waals surface area contributed by atoms with Crippen molar-refractivity contribution in [2.24, 2.45) is 0 Å². The van der Waals surface area contributed by atoms with Gasteiger partial charge in [0.2, 0.25) is 6.29 Å². The van der Waals surface area contributed by atoms with Crippen LogP contribution in [-0.2, 0) is 14.3 Å². The second-order valence-corrected chi connectivity index (χ2v) is 5.05. The van der Waals surface area contributed by atoms with Crippen molar-refractivity contribution in [2.45, 2.75) is 37.6 Å². The van der Waals surface area contributed by atoms with Gasteiger partial charge >= 0.3 is 5.97 Å². The maximum Gasteiger partial charge on any atom is 0.329 e. The van der Waals surface area contributed by atoms with Crippen molar-refractivity contribution in [1.29, 1.82) is 0 Å². The normalized spacial score (nSPS) is 31.7. The van der Waals surface area contributed by atoms with Crippen molar-refractivity contribution in [3.63, 3.8) is 0 Å². The number of carbonyl (C=O) groups is 1. The standard InChI is InChI=1S/C14H19NO7/c1-7-11(18)13(20-6-10(16)17)12(19)14(21-7)22-9-4-2-8(15)3-5-9/h2-5,7,11-14,18-19H,6,15H2,1H3,(H,16,17)/t7-,11+,12-,13+,14+/m0/s1. The van der Waals surface area contributed by atoms with E-state index in [1.165, 1.54) is 0 Å². The molecule has 8 nitrogen and oxygen atoms in total. The number of carboxylic acid groups (broad SMARTS) is 1. The molecule has 1 aromatic rings. The lowest BCUT2D eigenvalue weighted by Crippen LogP contribution is -2.59. The van der Waals surface area contributed by atoms with Gasteiger partial charge in [-0.3, -0.25) is 0 Å². The zero-order chi connectivity index (χ0) is 16.3. The summed E-state index contributed by atoms with van der Waals surface area (Å²) in [7, 11) is 0. The molecule has 122 valence electrons. The van der Waals surface area contributed by atoms with Gasteiger partial charge in [0.25, 0.3) is 0 Å². The first-order chi connectivity index (χ1) is 10.4. The first-order valence-corrected chi connectivity index (χ1v) is 6.75. The van der Waals surface area contributed by atoms with E-state index < -0.39 is 43.3 Å². The van der Waals surface area contributed by atoms with E-state index in [2.05, 4.69) is 0 Å². The summed E-state index contributed by atoms with van der Waals surface area (Å²) < 4.78 is 16.0. The molecule has 22 heavy (non-hydrogen) atoms. The van der Waals surface area contributed by atoms with Crippen molar-refractivity contribution in [3.8, 4) is 5.75 Å². The Kier molecular flexibility index (Phi) is 5.19. The Bertz CT molecular complexity index is 506. The Labute approximate surface area is 127 Å². The van der Waals surface area contributed by atoms with Gasteiger partial charge in [0, 0.05) is 5.69 Å². The van der Waals surface area contributed by atoms with E-state index in [-0.39, 0.29) is 0 Å². The first-order valence-electron chi connectivity index (χ1n) is 6.75. The zero-order valence-corrected chi connectivity index (χ0v) is 12.0. The van der Waals surface area contributed by atoms with E-state index in [9.17, 15) is 15.0 Å². The number of carboxylic acids is 1. The summed E-state index contributed by atoms with van der Waals surface area (Å²) in [6.45, 7) is 0.938. The fraction of sp³-hybridized carbons (Fsp3) is 0.500. The molecular weight excluding hydrogens is 294 g/mol. The number of anilines is 1. The van der Waals surface area contributed by atoms with Crippen LogP contribution in [0.25, 0.3) is 0 Å². The third-order valence-electron chi connectivity index (χ3n) is 3.31. The van der Waals surface area contributed by atoms with Crippen LogP contribution in [0.3, 0.4) is 0 Å². The van der Waals surface area contributed by atoms with Crippen molar-refractivity contribution >= 4 is 11.7 Å². The molecular formula is C14H19NO7. The fourth-order valence-corrected chi connectivity index (χ4v) is 2.14. The van der Waals surface area contributed by atoms with E-state index in [0.29, 0.717) is 11.4 Å². The van der Waals surface area contributed by atoms with Gasteiger partial charge in [-0.1, -0.05) is 0 Å². The summed E-state index contributed by atoms with van der Waals surface area (Å²) in [5.74, 6) is -0.784. The summed E-state index contributed by atoms with van der Waals surface area (Å²) in [4.78, 5) is 10.6. The Hall–Kier alpha value is -1.87. The fourth-order valence-electron chi connectivity index (χ4n) is 2.14. The molecule has 8 heteroatoms. The van der Waals surface area contributed by atoms with E-state index in [0.717, 1.165) is 0 Å². The van der Waals surface area contributed by atoms with Crippen LogP contribution in [0.5, 0.6) is 5.75 Å². The molecule has 5 atom stereocenters. The molecule has 0 aromatic heterocycles. The monoisotopic (exact) mass is 313 g/mol. The third-order valence-corrected chi connectivity index (χ3v) is 3.31. The van der Waals surface area contributed by atoms with E-state index >= 15 is 0 Å². The number of hydrogen-bond acceptors (Lipinski definition) is 7. The van der Waals surface area contributed by atoms with Gasteiger partial charge in [0.05, 0.1) is 6.10 Å². The first kappa shape index (κ1) is 16.5. The van der Waals surface area contributed by atoms with Crippen molar-refractivity contribution < 1.29 is 34.3 Å². The summed E-state index contributed by atoms with van der Waals surface area (Å²) in [6.07, 6.45) is -5.43. The highest BCUT2D eigenvalue weighted by Gasteiger charge is 2.45. The highest BCUT2D eigenvalue weighted by atomic mass is 16.7. The molecule has 0 bridgehead atoms. The maximum atomic E-state index is 10.6. The molecule has 0 radical (unpaired) electrons. The minimum absolute atomic E-state index is 0.416. The molecule has 0 aliphatic carbocycles. The number of ether oxygens (including phenoxy) is 3. The van der Waals surface area contributed by atoms with Gasteiger partial charge in [-0.25, -0.2) is 4.79 Å². The van der Waals surface area contributed by atoms with E-state index in [1.807, 2.05) is 0 Å². The predicted molar refractivity (Wildman–Crippen MR) is 75.2 cm³/mol. The van der Waals surface area contributed by atoms with Gasteiger partial charge < -0.3 is 35.3 Å². The summed E-state index contributed by atoms with van der Waals surface area (Å²) in [6, 6.07) is 6.46. The molecule has 0 amide bonds. The molecule has 0 saturated carbocycles. The van der Waals surface area contributed by atoms with Crippen LogP contribution in [0.15, 0.2) is 24.3 Å². The lowest BCUT2D eigenvalue weighted by molar-refractivity contribution is -0.276. The molecule has 0 spiro atoms. The van der Waals surface area contributed by atoms with Crippen LogP contribution >= 0.6 is 0 Å². The lowest BCUT2D eigenvalue weighted by atomic mass is 9.99. The van der Waals surface area contributed by atoms with Crippen LogP contribution in [0.4, 0.5) is 5.69 Å². The van der Waals surface area contributed by atoms with Crippen LogP contribution in [0.1, 0.15) is 6.92 Å². The van der Waals surface area contributed by atoms with Gasteiger partial charge in [-0.15, -0.1) is 0 Å². The molecule has 1 aliphatic rings. The van der Waals surface area contributed by atoms with Crippen LogP contribution in [-0.4, -0.2) is 58.6 Å². The minimum Gasteiger partial charge on any atom is -0.480 e. The summed E-state index contributed by atoms with van der Waals surface area (Å²) in [5.41, 5.74) is 6.13. The highest BCUT2D eigenvalue weighted by molar-refractivity contribution is 5.68. The van der Waals surface area contributed by atoms with Crippen molar-refractivity contribution in [1.82, 2.24) is 0 Å². The van der Waals surface area contributed by atoms with Crippen molar-refractivity contribution in [3.05, 3.63) is 24.3 Å². The Morgan fingerprint density at radius 1 is 1.27 bits per heavy atom. The quantitative estimate of drug-likeness (QED) is 0.539. The molecule has 2 rings (SSSR count). The molecule has 5 N–H and O–H groups in total. The second-order valence-electron chi connectivity index (χ2n) is 5.05. The highest BCUT2D eigenvalue weighted by Crippen LogP contribution is 2.26. The van der Waals surface area contributed by atoms with E-state index in [4.69, 9.17) is 25.1 Å². The molecule has 1 aromatic carbocycles. The molecule has 1 aliphatic heterocycles. The van der Waals surface area contributed by atoms with Crippen molar-refractivity contribution in [2.75, 3.05) is 12.3 Å². The SMILES string of the molecule is C[C@@H]1O[C@H](Oc2ccc(N)cc2)[C@@H](O)[C@H](OCC(=O)O)[C@@H]1O. The van der Waals surface area contributed by atoms with Crippen LogP contribution in [0.2, 0.25) is 0 Å². The lowest BCUT2D eigenvalue weighted by Gasteiger charge is -2.40. The van der Waals surface area contributed by atoms with Crippen LogP contribution < -0.4 is 10.5 Å². The molecule has 1 heterocycles. The number of aliphatic hydroxyl groups excluding tert-OH is 2. The number of rotatable bonds is 5. The maximum absolute atomic E-state index is 10.6. The smallest absolute Gasteiger partial charge is 0.329 e. The average Bonchev–Trinajstić information content (AvgIpc) is 2.46. The third kappa shape index (κ3) is 3.86. The summed E-state index contributed by atoms with van der Waals surface area (Å²) in [5, 5.41) is 28.8. The van der Waals surface area contributed by atoms with Gasteiger partial charge in [-0.2, -0.15) is 0 Å². The Morgan fingerprint density at radius 3 is 2.50 bits per heavy atom. The number of aliphatic hydroxyl groups is 2. The molecule has 1 saturated heterocycles. The Balaban J connectivity index is 2.07. The topological polar surface area (TPSA) is 131 Å². The second kappa shape index (κ2) is 6.93. The van der Waals surface area contributed by atoms with E-state index in [1.54, 1.807) is 31.2 Å². The Morgan fingerprint density at radius 2 is 1.91 bits per heavy atom. The van der Waals surface area contributed by atoms with Gasteiger partial charge in [-0.05, 0) is 31.2 Å². The number of aliphatic carboxylic acids is 1. The molecule has 0 unspecified atom stereocenters. The van der Waals surface area contributed by atoms with Gasteiger partial charge in [0.1, 0.15) is 30.7 Å². The largest absolute Gasteiger partial charge is 0.480 e.